The quantitative estimate of drug-likeness (QED) is 0.859. The Kier molecular flexibility index (Phi) is 3.79. The molecule has 0 atom stereocenters. The maximum atomic E-state index is 12.3. The van der Waals surface area contributed by atoms with Gasteiger partial charge in [-0.3, -0.25) is 0 Å². The molecule has 1 aromatic heterocycles. The molecule has 0 aliphatic carbocycles. The first kappa shape index (κ1) is 14.2. The number of ether oxygens (including phenoxy) is 1. The van der Waals surface area contributed by atoms with E-state index in [2.05, 4.69) is 4.98 Å². The number of rotatable bonds is 3. The van der Waals surface area contributed by atoms with Crippen LogP contribution in [-0.4, -0.2) is 44.0 Å². The fourth-order valence-electron chi connectivity index (χ4n) is 2.22. The first-order chi connectivity index (χ1) is 10.1. The molecule has 0 N–H and O–H groups in total. The van der Waals surface area contributed by atoms with E-state index in [0.29, 0.717) is 31.8 Å². The zero-order valence-electron chi connectivity index (χ0n) is 11.7. The van der Waals surface area contributed by atoms with Crippen molar-refractivity contribution in [3.05, 3.63) is 36.0 Å². The van der Waals surface area contributed by atoms with E-state index < -0.39 is 10.3 Å². The summed E-state index contributed by atoms with van der Waals surface area (Å²) in [7, 11) is -3.83. The molecule has 2 heterocycles. The van der Waals surface area contributed by atoms with Crippen LogP contribution in [0.2, 0.25) is 0 Å². The van der Waals surface area contributed by atoms with E-state index in [1.807, 2.05) is 25.1 Å². The Morgan fingerprint density at radius 2 is 1.95 bits per heavy atom. The summed E-state index contributed by atoms with van der Waals surface area (Å²) in [6.45, 7) is 3.23. The molecule has 7 heteroatoms. The second kappa shape index (κ2) is 5.59. The van der Waals surface area contributed by atoms with E-state index in [1.54, 1.807) is 12.1 Å². The van der Waals surface area contributed by atoms with Crippen molar-refractivity contribution in [2.45, 2.75) is 6.92 Å². The molecule has 0 amide bonds. The third-order valence-corrected chi connectivity index (χ3v) is 4.69. The minimum absolute atomic E-state index is 0.252. The number of pyridine rings is 1. The van der Waals surface area contributed by atoms with Gasteiger partial charge in [-0.05, 0) is 19.1 Å². The van der Waals surface area contributed by atoms with Gasteiger partial charge < -0.3 is 8.92 Å². The molecule has 0 spiro atoms. The highest BCUT2D eigenvalue weighted by atomic mass is 32.2. The largest absolute Gasteiger partial charge is 0.385 e. The molecule has 2 aromatic rings. The molecule has 1 aliphatic heterocycles. The Morgan fingerprint density at radius 1 is 1.19 bits per heavy atom. The van der Waals surface area contributed by atoms with Crippen LogP contribution >= 0.6 is 0 Å². The van der Waals surface area contributed by atoms with Gasteiger partial charge in [0.25, 0.3) is 0 Å². The summed E-state index contributed by atoms with van der Waals surface area (Å²) in [5.41, 5.74) is 1.36. The number of nitrogens with zero attached hydrogens (tertiary/aromatic N) is 2. The van der Waals surface area contributed by atoms with Gasteiger partial charge in [0.2, 0.25) is 0 Å². The van der Waals surface area contributed by atoms with Crippen LogP contribution in [0.5, 0.6) is 5.75 Å². The van der Waals surface area contributed by atoms with Crippen molar-refractivity contribution < 1.29 is 17.3 Å². The van der Waals surface area contributed by atoms with E-state index in [-0.39, 0.29) is 5.75 Å². The van der Waals surface area contributed by atoms with Gasteiger partial charge in [0.05, 0.1) is 13.2 Å². The van der Waals surface area contributed by atoms with Gasteiger partial charge in [0.1, 0.15) is 5.52 Å². The van der Waals surface area contributed by atoms with Crippen LogP contribution in [0.1, 0.15) is 5.69 Å². The number of morpholine rings is 1. The number of hydrogen-bond donors (Lipinski definition) is 0. The summed E-state index contributed by atoms with van der Waals surface area (Å²) < 4.78 is 36.3. The molecule has 0 radical (unpaired) electrons. The molecule has 1 saturated heterocycles. The lowest BCUT2D eigenvalue weighted by atomic mass is 10.2. The summed E-state index contributed by atoms with van der Waals surface area (Å²) in [6, 6.07) is 9.01. The lowest BCUT2D eigenvalue weighted by molar-refractivity contribution is 0.0698. The molecule has 1 fully saturated rings. The third kappa shape index (κ3) is 2.99. The Morgan fingerprint density at radius 3 is 2.71 bits per heavy atom. The predicted octanol–water partition coefficient (Wildman–Crippen LogP) is 1.50. The number of fused-ring (bicyclic) bond motifs is 1. The minimum atomic E-state index is -3.83. The molecule has 112 valence electrons. The summed E-state index contributed by atoms with van der Waals surface area (Å²) >= 11 is 0. The monoisotopic (exact) mass is 308 g/mol. The highest BCUT2D eigenvalue weighted by Crippen LogP contribution is 2.26. The molecule has 3 rings (SSSR count). The van der Waals surface area contributed by atoms with E-state index >= 15 is 0 Å². The van der Waals surface area contributed by atoms with Gasteiger partial charge in [0.15, 0.2) is 5.75 Å². The highest BCUT2D eigenvalue weighted by Gasteiger charge is 2.27. The first-order valence-electron chi connectivity index (χ1n) is 6.70. The van der Waals surface area contributed by atoms with Crippen molar-refractivity contribution >= 4 is 21.2 Å². The van der Waals surface area contributed by atoms with Crippen LogP contribution in [0, 0.1) is 6.92 Å². The lowest BCUT2D eigenvalue weighted by Gasteiger charge is -2.25. The standard InChI is InChI=1S/C14H16N2O4S/c1-11-5-6-12-3-2-4-13(14(12)15-11)20-21(17,18)16-7-9-19-10-8-16/h2-6H,7-10H2,1H3. The fraction of sp³-hybridized carbons (Fsp3) is 0.357. The number of hydrogen-bond acceptors (Lipinski definition) is 5. The molecule has 1 aromatic carbocycles. The van der Waals surface area contributed by atoms with Crippen molar-refractivity contribution in [1.82, 2.24) is 9.29 Å². The molecule has 21 heavy (non-hydrogen) atoms. The number of aryl methyl sites for hydroxylation is 1. The van der Waals surface area contributed by atoms with E-state index in [0.717, 1.165) is 11.1 Å². The molecule has 6 nitrogen and oxygen atoms in total. The van der Waals surface area contributed by atoms with Crippen LogP contribution in [-0.2, 0) is 15.0 Å². The van der Waals surface area contributed by atoms with E-state index in [9.17, 15) is 8.42 Å². The van der Waals surface area contributed by atoms with Crippen molar-refractivity contribution in [1.29, 1.82) is 0 Å². The summed E-state index contributed by atoms with van der Waals surface area (Å²) in [6.07, 6.45) is 0. The topological polar surface area (TPSA) is 68.7 Å². The maximum Gasteiger partial charge on any atom is 0.385 e. The van der Waals surface area contributed by atoms with Crippen molar-refractivity contribution in [2.24, 2.45) is 0 Å². The molecular weight excluding hydrogens is 292 g/mol. The SMILES string of the molecule is Cc1ccc2cccc(OS(=O)(=O)N3CCOCC3)c2n1. The van der Waals surface area contributed by atoms with Crippen molar-refractivity contribution in [3.8, 4) is 5.75 Å². The normalized spacial score (nSPS) is 17.0. The molecule has 0 bridgehead atoms. The van der Waals surface area contributed by atoms with Gasteiger partial charge >= 0.3 is 10.3 Å². The van der Waals surface area contributed by atoms with Gasteiger partial charge in [0, 0.05) is 24.2 Å². The van der Waals surface area contributed by atoms with Crippen LogP contribution in [0.3, 0.4) is 0 Å². The van der Waals surface area contributed by atoms with E-state index in [4.69, 9.17) is 8.92 Å². The predicted molar refractivity (Wildman–Crippen MR) is 78.4 cm³/mol. The second-order valence-electron chi connectivity index (χ2n) is 4.83. The van der Waals surface area contributed by atoms with Crippen molar-refractivity contribution in [3.63, 3.8) is 0 Å². The average Bonchev–Trinajstić information content (AvgIpc) is 2.48. The Bertz CT molecular complexity index is 755. The number of benzene rings is 1. The van der Waals surface area contributed by atoms with Crippen LogP contribution in [0.15, 0.2) is 30.3 Å². The van der Waals surface area contributed by atoms with Gasteiger partial charge in [-0.15, -0.1) is 0 Å². The van der Waals surface area contributed by atoms with Gasteiger partial charge in [-0.25, -0.2) is 4.98 Å². The zero-order valence-corrected chi connectivity index (χ0v) is 12.5. The maximum absolute atomic E-state index is 12.3. The fourth-order valence-corrected chi connectivity index (χ4v) is 3.28. The lowest BCUT2D eigenvalue weighted by Crippen LogP contribution is -2.42. The smallest absolute Gasteiger partial charge is 0.379 e. The molecule has 0 unspecified atom stereocenters. The minimum Gasteiger partial charge on any atom is -0.379 e. The Labute approximate surface area is 123 Å². The number of para-hydroxylation sites is 1. The zero-order chi connectivity index (χ0) is 14.9. The molecule has 1 aliphatic rings. The first-order valence-corrected chi connectivity index (χ1v) is 8.06. The average molecular weight is 308 g/mol. The molecular formula is C14H16N2O4S. The summed E-state index contributed by atoms with van der Waals surface area (Å²) in [5.74, 6) is 0.252. The van der Waals surface area contributed by atoms with E-state index in [1.165, 1.54) is 4.31 Å². The van der Waals surface area contributed by atoms with Crippen LogP contribution in [0.4, 0.5) is 0 Å². The second-order valence-corrected chi connectivity index (χ2v) is 6.37. The summed E-state index contributed by atoms with van der Waals surface area (Å²) in [5, 5.41) is 0.843. The Balaban J connectivity index is 1.95. The Hall–Kier alpha value is -1.70. The third-order valence-electron chi connectivity index (χ3n) is 3.30. The molecule has 0 saturated carbocycles. The van der Waals surface area contributed by atoms with Crippen LogP contribution < -0.4 is 4.18 Å². The van der Waals surface area contributed by atoms with Crippen LogP contribution in [0.25, 0.3) is 10.9 Å². The number of aromatic nitrogens is 1. The summed E-state index contributed by atoms with van der Waals surface area (Å²) in [4.78, 5) is 4.37. The van der Waals surface area contributed by atoms with Gasteiger partial charge in [-0.1, -0.05) is 18.2 Å². The van der Waals surface area contributed by atoms with Crippen molar-refractivity contribution in [2.75, 3.05) is 26.3 Å². The van der Waals surface area contributed by atoms with Gasteiger partial charge in [-0.2, -0.15) is 12.7 Å². The highest BCUT2D eigenvalue weighted by molar-refractivity contribution is 7.84.